The van der Waals surface area contributed by atoms with Crippen LogP contribution in [-0.2, 0) is 13.1 Å². The Morgan fingerprint density at radius 1 is 1.19 bits per heavy atom. The molecule has 0 amide bonds. The molecule has 0 saturated heterocycles. The van der Waals surface area contributed by atoms with Gasteiger partial charge in [-0.05, 0) is 34.7 Å². The van der Waals surface area contributed by atoms with Crippen molar-refractivity contribution in [1.82, 2.24) is 9.97 Å². The standard InChI is InChI=1S/C15H11N3O2S/c19-15(20)9-1-2-10-6-18(7-11(10)5-9)14-13-12(3-4-21-13)16-8-17-14/h1-5,8H,6-7H2,(H,19,20). The molecule has 1 aliphatic heterocycles. The van der Waals surface area contributed by atoms with Gasteiger partial charge in [0.25, 0.3) is 0 Å². The molecule has 3 heterocycles. The van der Waals surface area contributed by atoms with Crippen molar-refractivity contribution in [2.24, 2.45) is 0 Å². The number of aromatic carboxylic acids is 1. The molecular weight excluding hydrogens is 286 g/mol. The highest BCUT2D eigenvalue weighted by atomic mass is 32.1. The first-order chi connectivity index (χ1) is 10.2. The number of carboxylic acids is 1. The second kappa shape index (κ2) is 4.53. The molecule has 1 aromatic carbocycles. The van der Waals surface area contributed by atoms with Gasteiger partial charge in [-0.2, -0.15) is 0 Å². The van der Waals surface area contributed by atoms with E-state index >= 15 is 0 Å². The normalized spacial score (nSPS) is 13.6. The van der Waals surface area contributed by atoms with E-state index in [1.807, 2.05) is 17.5 Å². The van der Waals surface area contributed by atoms with Crippen molar-refractivity contribution in [3.05, 3.63) is 52.7 Å². The van der Waals surface area contributed by atoms with Gasteiger partial charge in [-0.15, -0.1) is 11.3 Å². The lowest BCUT2D eigenvalue weighted by molar-refractivity contribution is 0.0697. The van der Waals surface area contributed by atoms with Gasteiger partial charge in [0.05, 0.1) is 15.8 Å². The van der Waals surface area contributed by atoms with Crippen molar-refractivity contribution in [3.8, 4) is 0 Å². The van der Waals surface area contributed by atoms with E-state index in [-0.39, 0.29) is 0 Å². The summed E-state index contributed by atoms with van der Waals surface area (Å²) in [5.41, 5.74) is 3.49. The van der Waals surface area contributed by atoms with Crippen LogP contribution in [0.2, 0.25) is 0 Å². The summed E-state index contributed by atoms with van der Waals surface area (Å²) in [7, 11) is 0. The third-order valence-electron chi connectivity index (χ3n) is 3.70. The fourth-order valence-corrected chi connectivity index (χ4v) is 3.54. The van der Waals surface area contributed by atoms with Gasteiger partial charge < -0.3 is 10.0 Å². The Hall–Kier alpha value is -2.47. The lowest BCUT2D eigenvalue weighted by atomic mass is 10.1. The second-order valence-corrected chi connectivity index (χ2v) is 5.89. The Balaban J connectivity index is 1.73. The van der Waals surface area contributed by atoms with Crippen molar-refractivity contribution in [2.45, 2.75) is 13.1 Å². The van der Waals surface area contributed by atoms with Crippen LogP contribution in [0.25, 0.3) is 10.2 Å². The molecule has 21 heavy (non-hydrogen) atoms. The molecule has 0 fully saturated rings. The molecule has 1 N–H and O–H groups in total. The van der Waals surface area contributed by atoms with E-state index in [4.69, 9.17) is 5.11 Å². The number of benzene rings is 1. The number of aromatic nitrogens is 2. The van der Waals surface area contributed by atoms with Crippen LogP contribution in [0.3, 0.4) is 0 Å². The number of fused-ring (bicyclic) bond motifs is 2. The molecule has 0 radical (unpaired) electrons. The number of carboxylic acid groups (broad SMARTS) is 1. The first-order valence-electron chi connectivity index (χ1n) is 6.50. The number of rotatable bonds is 2. The molecule has 0 bridgehead atoms. The number of anilines is 1. The minimum atomic E-state index is -0.890. The summed E-state index contributed by atoms with van der Waals surface area (Å²) in [6, 6.07) is 7.29. The molecule has 104 valence electrons. The highest BCUT2D eigenvalue weighted by Gasteiger charge is 2.23. The molecule has 3 aromatic rings. The zero-order chi connectivity index (χ0) is 14.4. The second-order valence-electron chi connectivity index (χ2n) is 4.98. The predicted octanol–water partition coefficient (Wildman–Crippen LogP) is 2.91. The molecular formula is C15H11N3O2S. The van der Waals surface area contributed by atoms with E-state index < -0.39 is 5.97 Å². The number of hydrogen-bond donors (Lipinski definition) is 1. The number of nitrogens with zero attached hydrogens (tertiary/aromatic N) is 3. The van der Waals surface area contributed by atoms with Crippen molar-refractivity contribution in [1.29, 1.82) is 0 Å². The van der Waals surface area contributed by atoms with Gasteiger partial charge in [0.15, 0.2) is 5.82 Å². The van der Waals surface area contributed by atoms with Crippen LogP contribution in [0, 0.1) is 0 Å². The van der Waals surface area contributed by atoms with Gasteiger partial charge in [-0.3, -0.25) is 0 Å². The van der Waals surface area contributed by atoms with Crippen molar-refractivity contribution >= 4 is 33.3 Å². The van der Waals surface area contributed by atoms with Crippen molar-refractivity contribution < 1.29 is 9.90 Å². The maximum Gasteiger partial charge on any atom is 0.335 e. The van der Waals surface area contributed by atoms with Gasteiger partial charge >= 0.3 is 5.97 Å². The summed E-state index contributed by atoms with van der Waals surface area (Å²) in [6.45, 7) is 1.43. The molecule has 0 spiro atoms. The maximum absolute atomic E-state index is 11.1. The first-order valence-corrected chi connectivity index (χ1v) is 7.38. The smallest absolute Gasteiger partial charge is 0.335 e. The average molecular weight is 297 g/mol. The monoisotopic (exact) mass is 297 g/mol. The minimum Gasteiger partial charge on any atom is -0.478 e. The van der Waals surface area contributed by atoms with E-state index in [2.05, 4.69) is 14.9 Å². The summed E-state index contributed by atoms with van der Waals surface area (Å²) in [5, 5.41) is 11.1. The first kappa shape index (κ1) is 12.3. The Morgan fingerprint density at radius 3 is 2.90 bits per heavy atom. The lowest BCUT2D eigenvalue weighted by Crippen LogP contribution is -2.16. The number of thiophene rings is 1. The van der Waals surface area contributed by atoms with Crippen LogP contribution in [0.1, 0.15) is 21.5 Å². The molecule has 0 saturated carbocycles. The van der Waals surface area contributed by atoms with Crippen LogP contribution in [0.4, 0.5) is 5.82 Å². The molecule has 0 aliphatic carbocycles. The third kappa shape index (κ3) is 1.95. The molecule has 5 nitrogen and oxygen atoms in total. The summed E-state index contributed by atoms with van der Waals surface area (Å²) >= 11 is 1.63. The van der Waals surface area contributed by atoms with E-state index in [0.29, 0.717) is 12.1 Å². The minimum absolute atomic E-state index is 0.333. The van der Waals surface area contributed by atoms with Crippen LogP contribution in [-0.4, -0.2) is 21.0 Å². The van der Waals surface area contributed by atoms with E-state index in [0.717, 1.165) is 33.7 Å². The predicted molar refractivity (Wildman–Crippen MR) is 80.7 cm³/mol. The summed E-state index contributed by atoms with van der Waals surface area (Å²) in [4.78, 5) is 21.9. The largest absolute Gasteiger partial charge is 0.478 e. The summed E-state index contributed by atoms with van der Waals surface area (Å²) < 4.78 is 1.07. The lowest BCUT2D eigenvalue weighted by Gasteiger charge is -2.16. The zero-order valence-electron chi connectivity index (χ0n) is 11.0. The SMILES string of the molecule is O=C(O)c1ccc2c(c1)CN(c1ncnc3ccsc13)C2. The Kier molecular flexibility index (Phi) is 2.65. The molecule has 4 rings (SSSR count). The number of carbonyl (C=O) groups is 1. The highest BCUT2D eigenvalue weighted by Crippen LogP contribution is 2.33. The molecule has 1 aliphatic rings. The summed E-state index contributed by atoms with van der Waals surface area (Å²) in [6.07, 6.45) is 1.58. The van der Waals surface area contributed by atoms with Gasteiger partial charge in [0.2, 0.25) is 0 Å². The molecule has 0 unspecified atom stereocenters. The fourth-order valence-electron chi connectivity index (χ4n) is 2.68. The van der Waals surface area contributed by atoms with Crippen LogP contribution in [0.5, 0.6) is 0 Å². The van der Waals surface area contributed by atoms with Gasteiger partial charge in [-0.1, -0.05) is 6.07 Å². The van der Waals surface area contributed by atoms with Gasteiger partial charge in [0, 0.05) is 13.1 Å². The Bertz CT molecular complexity index is 859. The van der Waals surface area contributed by atoms with Crippen LogP contribution < -0.4 is 4.90 Å². The van der Waals surface area contributed by atoms with Gasteiger partial charge in [-0.25, -0.2) is 14.8 Å². The fraction of sp³-hybridized carbons (Fsp3) is 0.133. The quantitative estimate of drug-likeness (QED) is 0.788. The topological polar surface area (TPSA) is 66.3 Å². The van der Waals surface area contributed by atoms with E-state index in [9.17, 15) is 4.79 Å². The summed E-state index contributed by atoms with van der Waals surface area (Å²) in [5.74, 6) is 0.0296. The third-order valence-corrected chi connectivity index (χ3v) is 4.60. The maximum atomic E-state index is 11.1. The Morgan fingerprint density at radius 2 is 2.05 bits per heavy atom. The van der Waals surface area contributed by atoms with Gasteiger partial charge in [0.1, 0.15) is 6.33 Å². The van der Waals surface area contributed by atoms with Crippen LogP contribution >= 0.6 is 11.3 Å². The van der Waals surface area contributed by atoms with E-state index in [1.165, 1.54) is 0 Å². The Labute approximate surface area is 124 Å². The molecule has 0 atom stereocenters. The zero-order valence-corrected chi connectivity index (χ0v) is 11.8. The highest BCUT2D eigenvalue weighted by molar-refractivity contribution is 7.17. The van der Waals surface area contributed by atoms with Crippen LogP contribution in [0.15, 0.2) is 36.0 Å². The average Bonchev–Trinajstić information content (AvgIpc) is 3.12. The molecule has 6 heteroatoms. The van der Waals surface area contributed by atoms with Crippen molar-refractivity contribution in [3.63, 3.8) is 0 Å². The van der Waals surface area contributed by atoms with E-state index in [1.54, 1.807) is 29.8 Å². The van der Waals surface area contributed by atoms with Crippen molar-refractivity contribution in [2.75, 3.05) is 4.90 Å². The molecule has 2 aromatic heterocycles. The number of hydrogen-bond acceptors (Lipinski definition) is 5.